The Morgan fingerprint density at radius 1 is 1.19 bits per heavy atom. The molecule has 6 heteroatoms. The fourth-order valence-electron chi connectivity index (χ4n) is 1.77. The summed E-state index contributed by atoms with van der Waals surface area (Å²) in [5.74, 6) is 0.632. The highest BCUT2D eigenvalue weighted by atomic mass is 16.6. The van der Waals surface area contributed by atoms with Crippen LogP contribution >= 0.6 is 0 Å². The first-order valence-electron chi connectivity index (χ1n) is 7.54. The van der Waals surface area contributed by atoms with Gasteiger partial charge in [0, 0.05) is 13.7 Å². The number of hydrogen-bond acceptors (Lipinski definition) is 4. The lowest BCUT2D eigenvalue weighted by Gasteiger charge is -2.20. The number of rotatable bonds is 8. The molecule has 0 radical (unpaired) electrons. The van der Waals surface area contributed by atoms with Crippen LogP contribution in [0.15, 0.2) is 0 Å². The Morgan fingerprint density at radius 2 is 1.76 bits per heavy atom. The molecule has 1 aliphatic rings. The molecular weight excluding hydrogens is 272 g/mol. The largest absolute Gasteiger partial charge is 0.400 e. The van der Waals surface area contributed by atoms with Gasteiger partial charge in [-0.15, -0.1) is 0 Å². The summed E-state index contributed by atoms with van der Waals surface area (Å²) >= 11 is 0. The average Bonchev–Trinajstić information content (AvgIpc) is 3.23. The van der Waals surface area contributed by atoms with E-state index in [9.17, 15) is 9.59 Å². The van der Waals surface area contributed by atoms with Crippen molar-refractivity contribution in [1.29, 1.82) is 0 Å². The smallest absolute Gasteiger partial charge is 0.252 e. The van der Waals surface area contributed by atoms with Crippen LogP contribution in [0.1, 0.15) is 40.5 Å². The van der Waals surface area contributed by atoms with Crippen molar-refractivity contribution in [2.45, 2.75) is 52.7 Å². The van der Waals surface area contributed by atoms with Crippen LogP contribution in [0.2, 0.25) is 0 Å². The molecule has 0 aromatic heterocycles. The van der Waals surface area contributed by atoms with E-state index in [-0.39, 0.29) is 17.9 Å². The Bertz CT molecular complexity index is 315. The molecule has 1 fully saturated rings. The number of carbonyl (C=O) groups is 2. The second kappa shape index (κ2) is 10.6. The Labute approximate surface area is 127 Å². The van der Waals surface area contributed by atoms with Gasteiger partial charge in [0.15, 0.2) is 6.10 Å². The minimum atomic E-state index is -0.455. The summed E-state index contributed by atoms with van der Waals surface area (Å²) in [6.07, 6.45) is 1.24. The van der Waals surface area contributed by atoms with E-state index < -0.39 is 6.04 Å². The maximum absolute atomic E-state index is 12.1. The first kappa shape index (κ1) is 19.9. The van der Waals surface area contributed by atoms with Crippen LogP contribution in [0.3, 0.4) is 0 Å². The highest BCUT2D eigenvalue weighted by Crippen LogP contribution is 2.11. The van der Waals surface area contributed by atoms with Gasteiger partial charge in [-0.2, -0.15) is 0 Å². The van der Waals surface area contributed by atoms with Crippen LogP contribution in [0.25, 0.3) is 0 Å². The van der Waals surface area contributed by atoms with E-state index in [0.29, 0.717) is 31.4 Å². The highest BCUT2D eigenvalue weighted by Gasteiger charge is 2.34. The Hall–Kier alpha value is -1.14. The topological polar surface area (TPSA) is 91.0 Å². The van der Waals surface area contributed by atoms with Crippen molar-refractivity contribution < 1.29 is 19.4 Å². The van der Waals surface area contributed by atoms with Gasteiger partial charge in [0.25, 0.3) is 5.91 Å². The summed E-state index contributed by atoms with van der Waals surface area (Å²) in [6, 6.07) is -0.455. The summed E-state index contributed by atoms with van der Waals surface area (Å²) in [7, 11) is 1.00. The molecule has 2 unspecified atom stereocenters. The zero-order valence-corrected chi connectivity index (χ0v) is 13.8. The minimum absolute atomic E-state index is 0.0941. The van der Waals surface area contributed by atoms with Gasteiger partial charge in [-0.25, -0.2) is 0 Å². The zero-order valence-electron chi connectivity index (χ0n) is 13.8. The standard InChI is InChI=1S/C14H26N2O3.CH4O/c1-9(2)5-6-15-13(17)11(7-10(3)4)16-14(18)12-8-19-12;1-2/h9-12H,5-8H2,1-4H3,(H,15,17)(H,16,18);2H,1H3. The number of ether oxygens (including phenoxy) is 1. The monoisotopic (exact) mass is 302 g/mol. The minimum Gasteiger partial charge on any atom is -0.400 e. The summed E-state index contributed by atoms with van der Waals surface area (Å²) in [6.45, 7) is 9.42. The third-order valence-electron chi connectivity index (χ3n) is 2.99. The predicted octanol–water partition coefficient (Wildman–Crippen LogP) is 0.687. The summed E-state index contributed by atoms with van der Waals surface area (Å²) in [4.78, 5) is 23.7. The van der Waals surface area contributed by atoms with Crippen molar-refractivity contribution in [2.75, 3.05) is 20.3 Å². The molecule has 1 aliphatic heterocycles. The van der Waals surface area contributed by atoms with Gasteiger partial charge in [-0.05, 0) is 24.7 Å². The molecule has 2 amide bonds. The predicted molar refractivity (Wildman–Crippen MR) is 81.7 cm³/mol. The number of epoxide rings is 1. The Balaban J connectivity index is 0.00000191. The summed E-state index contributed by atoms with van der Waals surface area (Å²) in [5, 5.41) is 12.7. The fraction of sp³-hybridized carbons (Fsp3) is 0.867. The molecule has 0 saturated carbocycles. The van der Waals surface area contributed by atoms with Crippen LogP contribution in [0.5, 0.6) is 0 Å². The van der Waals surface area contributed by atoms with E-state index in [1.54, 1.807) is 0 Å². The van der Waals surface area contributed by atoms with Gasteiger partial charge in [-0.1, -0.05) is 27.7 Å². The molecule has 0 bridgehead atoms. The van der Waals surface area contributed by atoms with Crippen molar-refractivity contribution in [1.82, 2.24) is 10.6 Å². The second-order valence-corrected chi connectivity index (χ2v) is 5.99. The summed E-state index contributed by atoms with van der Waals surface area (Å²) in [5.41, 5.74) is 0. The molecule has 0 aromatic rings. The molecule has 1 heterocycles. The maximum atomic E-state index is 12.1. The van der Waals surface area contributed by atoms with E-state index in [0.717, 1.165) is 13.5 Å². The number of hydrogen-bond donors (Lipinski definition) is 3. The summed E-state index contributed by atoms with van der Waals surface area (Å²) < 4.78 is 4.92. The third-order valence-corrected chi connectivity index (χ3v) is 2.99. The number of carbonyl (C=O) groups excluding carboxylic acids is 2. The third kappa shape index (κ3) is 9.42. The average molecular weight is 302 g/mol. The lowest BCUT2D eigenvalue weighted by atomic mass is 10.0. The zero-order chi connectivity index (χ0) is 16.4. The molecule has 1 saturated heterocycles. The lowest BCUT2D eigenvalue weighted by molar-refractivity contribution is -0.130. The van der Waals surface area contributed by atoms with Crippen LogP contribution in [-0.4, -0.2) is 49.3 Å². The van der Waals surface area contributed by atoms with Crippen molar-refractivity contribution in [3.8, 4) is 0 Å². The number of amides is 2. The SMILES string of the molecule is CC(C)CCNC(=O)C(CC(C)C)NC(=O)C1CO1.CO. The van der Waals surface area contributed by atoms with Crippen LogP contribution in [0, 0.1) is 11.8 Å². The molecule has 6 nitrogen and oxygen atoms in total. The first-order valence-corrected chi connectivity index (χ1v) is 7.54. The lowest BCUT2D eigenvalue weighted by Crippen LogP contribution is -2.49. The molecule has 1 rings (SSSR count). The molecular formula is C15H30N2O4. The normalized spacial score (nSPS) is 17.8. The van der Waals surface area contributed by atoms with E-state index in [1.165, 1.54) is 0 Å². The maximum Gasteiger partial charge on any atom is 0.252 e. The number of aliphatic hydroxyl groups is 1. The number of aliphatic hydroxyl groups excluding tert-OH is 1. The molecule has 3 N–H and O–H groups in total. The molecule has 0 aliphatic carbocycles. The molecule has 0 spiro atoms. The van der Waals surface area contributed by atoms with Crippen LogP contribution in [-0.2, 0) is 14.3 Å². The fourth-order valence-corrected chi connectivity index (χ4v) is 1.77. The van der Waals surface area contributed by atoms with E-state index in [4.69, 9.17) is 9.84 Å². The van der Waals surface area contributed by atoms with Crippen LogP contribution < -0.4 is 10.6 Å². The second-order valence-electron chi connectivity index (χ2n) is 5.99. The first-order chi connectivity index (χ1) is 9.90. The highest BCUT2D eigenvalue weighted by molar-refractivity contribution is 5.90. The van der Waals surface area contributed by atoms with Crippen molar-refractivity contribution in [3.63, 3.8) is 0 Å². The van der Waals surface area contributed by atoms with Gasteiger partial charge in [0.05, 0.1) is 6.61 Å². The van der Waals surface area contributed by atoms with Crippen molar-refractivity contribution in [3.05, 3.63) is 0 Å². The van der Waals surface area contributed by atoms with Gasteiger partial charge in [-0.3, -0.25) is 9.59 Å². The van der Waals surface area contributed by atoms with Gasteiger partial charge < -0.3 is 20.5 Å². The van der Waals surface area contributed by atoms with Gasteiger partial charge >= 0.3 is 0 Å². The Kier molecular flexibility index (Phi) is 9.99. The van der Waals surface area contributed by atoms with E-state index in [2.05, 4.69) is 24.5 Å². The number of nitrogens with one attached hydrogen (secondary N) is 2. The van der Waals surface area contributed by atoms with Gasteiger partial charge in [0.1, 0.15) is 6.04 Å². The quantitative estimate of drug-likeness (QED) is 0.575. The molecule has 0 aromatic carbocycles. The van der Waals surface area contributed by atoms with Gasteiger partial charge in [0.2, 0.25) is 5.91 Å². The molecule has 21 heavy (non-hydrogen) atoms. The van der Waals surface area contributed by atoms with E-state index >= 15 is 0 Å². The van der Waals surface area contributed by atoms with Crippen molar-refractivity contribution in [2.24, 2.45) is 11.8 Å². The van der Waals surface area contributed by atoms with Crippen molar-refractivity contribution >= 4 is 11.8 Å². The molecule has 124 valence electrons. The molecule has 2 atom stereocenters. The van der Waals surface area contributed by atoms with Crippen LogP contribution in [0.4, 0.5) is 0 Å². The van der Waals surface area contributed by atoms with E-state index in [1.807, 2.05) is 13.8 Å². The Morgan fingerprint density at radius 3 is 2.19 bits per heavy atom.